The van der Waals surface area contributed by atoms with Crippen LogP contribution in [0.5, 0.6) is 11.5 Å². The Morgan fingerprint density at radius 3 is 2.50 bits per heavy atom. The van der Waals surface area contributed by atoms with Crippen LogP contribution in [0.25, 0.3) is 10.9 Å². The fourth-order valence-corrected chi connectivity index (χ4v) is 6.03. The van der Waals surface area contributed by atoms with E-state index in [9.17, 15) is 4.79 Å². The second-order valence-corrected chi connectivity index (χ2v) is 11.6. The SMILES string of the molecule is COCCOc1cc(C(=O)N(C(C)C)[C@@H]2CCCNC2)nc2c(OCC3CCC(C(C)C)CC3)cccc12. The van der Waals surface area contributed by atoms with Gasteiger partial charge in [-0.15, -0.1) is 0 Å². The summed E-state index contributed by atoms with van der Waals surface area (Å²) in [6.07, 6.45) is 7.01. The topological polar surface area (TPSA) is 72.9 Å². The Labute approximate surface area is 228 Å². The fourth-order valence-electron chi connectivity index (χ4n) is 6.03. The number of hydrogen-bond donors (Lipinski definition) is 1. The van der Waals surface area contributed by atoms with Crippen molar-refractivity contribution in [3.05, 3.63) is 30.0 Å². The molecule has 2 aliphatic rings. The van der Waals surface area contributed by atoms with Crippen LogP contribution in [-0.4, -0.2) is 67.9 Å². The van der Waals surface area contributed by atoms with E-state index in [1.807, 2.05) is 23.1 Å². The van der Waals surface area contributed by atoms with Gasteiger partial charge in [-0.05, 0) is 88.8 Å². The maximum absolute atomic E-state index is 13.9. The maximum Gasteiger partial charge on any atom is 0.273 e. The Balaban J connectivity index is 1.61. The molecule has 7 heteroatoms. The number of hydrogen-bond acceptors (Lipinski definition) is 6. The first kappa shape index (κ1) is 28.6. The molecule has 0 unspecified atom stereocenters. The number of aromatic nitrogens is 1. The molecule has 0 radical (unpaired) electrons. The molecule has 1 N–H and O–H groups in total. The smallest absolute Gasteiger partial charge is 0.273 e. The van der Waals surface area contributed by atoms with Crippen LogP contribution >= 0.6 is 0 Å². The highest BCUT2D eigenvalue weighted by molar-refractivity contribution is 5.98. The summed E-state index contributed by atoms with van der Waals surface area (Å²) >= 11 is 0. The molecular formula is C31H47N3O4. The monoisotopic (exact) mass is 525 g/mol. The number of amides is 1. The van der Waals surface area contributed by atoms with E-state index < -0.39 is 0 Å². The summed E-state index contributed by atoms with van der Waals surface area (Å²) in [5.41, 5.74) is 1.09. The molecule has 1 aliphatic heterocycles. The zero-order chi connectivity index (χ0) is 27.1. The summed E-state index contributed by atoms with van der Waals surface area (Å²) < 4.78 is 17.7. The largest absolute Gasteiger partial charge is 0.491 e. The number of benzene rings is 1. The standard InChI is InChI=1S/C31H47N3O4/c1-21(2)24-13-11-23(12-14-24)20-38-28-10-6-9-26-29(37-17-16-36-5)18-27(33-30(26)28)31(35)34(22(3)4)25-8-7-15-32-19-25/h6,9-10,18,21-25,32H,7-8,11-17,19-20H2,1-5H3/t23?,24?,25-/m1/s1. The average molecular weight is 526 g/mol. The zero-order valence-electron chi connectivity index (χ0n) is 24.0. The fraction of sp³-hybridized carbons (Fsp3) is 0.677. The third-order valence-electron chi connectivity index (χ3n) is 8.29. The number of fused-ring (bicyclic) bond motifs is 1. The summed E-state index contributed by atoms with van der Waals surface area (Å²) in [5.74, 6) is 3.43. The molecule has 38 heavy (non-hydrogen) atoms. The second-order valence-electron chi connectivity index (χ2n) is 11.6. The molecule has 1 atom stereocenters. The van der Waals surface area contributed by atoms with E-state index >= 15 is 0 Å². The molecule has 2 heterocycles. The van der Waals surface area contributed by atoms with E-state index in [-0.39, 0.29) is 18.0 Å². The lowest BCUT2D eigenvalue weighted by atomic mass is 9.77. The number of piperidine rings is 1. The van der Waals surface area contributed by atoms with Gasteiger partial charge in [0, 0.05) is 37.2 Å². The van der Waals surface area contributed by atoms with Gasteiger partial charge in [-0.2, -0.15) is 0 Å². The van der Waals surface area contributed by atoms with Crippen molar-refractivity contribution in [2.45, 2.75) is 78.3 Å². The Kier molecular flexibility index (Phi) is 10.3. The number of carbonyl (C=O) groups is 1. The molecule has 1 aliphatic carbocycles. The highest BCUT2D eigenvalue weighted by Crippen LogP contribution is 2.36. The number of ether oxygens (including phenoxy) is 3. The van der Waals surface area contributed by atoms with E-state index in [0.717, 1.165) is 48.9 Å². The Bertz CT molecular complexity index is 1040. The number of pyridine rings is 1. The van der Waals surface area contributed by atoms with Crippen molar-refractivity contribution in [3.63, 3.8) is 0 Å². The average Bonchev–Trinajstić information content (AvgIpc) is 2.92. The molecule has 2 aromatic rings. The molecule has 1 amide bonds. The Morgan fingerprint density at radius 1 is 1.05 bits per heavy atom. The predicted molar refractivity (Wildman–Crippen MR) is 152 cm³/mol. The van der Waals surface area contributed by atoms with Gasteiger partial charge >= 0.3 is 0 Å². The minimum absolute atomic E-state index is 0.0611. The minimum atomic E-state index is -0.0611. The lowest BCUT2D eigenvalue weighted by Gasteiger charge is -2.37. The zero-order valence-corrected chi connectivity index (χ0v) is 24.0. The molecule has 210 valence electrons. The van der Waals surface area contributed by atoms with E-state index in [1.54, 1.807) is 13.2 Å². The molecular weight excluding hydrogens is 478 g/mol. The van der Waals surface area contributed by atoms with Crippen LogP contribution in [0.2, 0.25) is 0 Å². The Hall–Kier alpha value is -2.38. The van der Waals surface area contributed by atoms with Crippen molar-refractivity contribution in [1.82, 2.24) is 15.2 Å². The van der Waals surface area contributed by atoms with E-state index in [1.165, 1.54) is 25.7 Å². The van der Waals surface area contributed by atoms with Crippen LogP contribution in [0, 0.1) is 17.8 Å². The third kappa shape index (κ3) is 6.97. The van der Waals surface area contributed by atoms with Gasteiger partial charge in [0.15, 0.2) is 0 Å². The quantitative estimate of drug-likeness (QED) is 0.379. The molecule has 4 rings (SSSR count). The summed E-state index contributed by atoms with van der Waals surface area (Å²) in [4.78, 5) is 20.8. The molecule has 1 aromatic heterocycles. The van der Waals surface area contributed by atoms with Gasteiger partial charge in [0.2, 0.25) is 0 Å². The summed E-state index contributed by atoms with van der Waals surface area (Å²) in [7, 11) is 1.66. The maximum atomic E-state index is 13.9. The minimum Gasteiger partial charge on any atom is -0.491 e. The summed E-state index contributed by atoms with van der Waals surface area (Å²) in [5, 5.41) is 4.30. The summed E-state index contributed by atoms with van der Waals surface area (Å²) in [6, 6.07) is 7.95. The van der Waals surface area contributed by atoms with Crippen molar-refractivity contribution in [2.75, 3.05) is 40.0 Å². The van der Waals surface area contributed by atoms with Crippen molar-refractivity contribution in [3.8, 4) is 11.5 Å². The molecule has 7 nitrogen and oxygen atoms in total. The Morgan fingerprint density at radius 2 is 1.84 bits per heavy atom. The van der Waals surface area contributed by atoms with Gasteiger partial charge in [-0.25, -0.2) is 4.98 Å². The van der Waals surface area contributed by atoms with Gasteiger partial charge in [0.05, 0.1) is 13.2 Å². The van der Waals surface area contributed by atoms with E-state index in [0.29, 0.717) is 42.7 Å². The number of carbonyl (C=O) groups excluding carboxylic acids is 1. The number of methoxy groups -OCH3 is 1. The number of rotatable bonds is 11. The van der Waals surface area contributed by atoms with Crippen molar-refractivity contribution in [2.24, 2.45) is 17.8 Å². The first-order valence-electron chi connectivity index (χ1n) is 14.6. The van der Waals surface area contributed by atoms with Crippen LogP contribution in [0.15, 0.2) is 24.3 Å². The first-order chi connectivity index (χ1) is 18.4. The molecule has 0 bridgehead atoms. The van der Waals surface area contributed by atoms with Crippen LogP contribution < -0.4 is 14.8 Å². The van der Waals surface area contributed by atoms with Crippen molar-refractivity contribution >= 4 is 16.8 Å². The van der Waals surface area contributed by atoms with E-state index in [2.05, 4.69) is 33.0 Å². The van der Waals surface area contributed by atoms with Gasteiger partial charge in [-0.1, -0.05) is 19.9 Å². The van der Waals surface area contributed by atoms with Gasteiger partial charge < -0.3 is 24.4 Å². The molecule has 1 saturated carbocycles. The third-order valence-corrected chi connectivity index (χ3v) is 8.29. The van der Waals surface area contributed by atoms with Crippen molar-refractivity contribution < 1.29 is 19.0 Å². The van der Waals surface area contributed by atoms with Gasteiger partial charge in [0.1, 0.15) is 29.3 Å². The molecule has 0 spiro atoms. The van der Waals surface area contributed by atoms with E-state index in [4.69, 9.17) is 19.2 Å². The molecule has 1 aromatic carbocycles. The lowest BCUT2D eigenvalue weighted by Crippen LogP contribution is -2.51. The summed E-state index contributed by atoms with van der Waals surface area (Å²) in [6.45, 7) is 12.2. The van der Waals surface area contributed by atoms with Crippen LogP contribution in [0.4, 0.5) is 0 Å². The second kappa shape index (κ2) is 13.6. The number of para-hydroxylation sites is 1. The lowest BCUT2D eigenvalue weighted by molar-refractivity contribution is 0.0567. The van der Waals surface area contributed by atoms with Gasteiger partial charge in [-0.3, -0.25) is 4.79 Å². The highest BCUT2D eigenvalue weighted by Gasteiger charge is 2.30. The van der Waals surface area contributed by atoms with Gasteiger partial charge in [0.25, 0.3) is 5.91 Å². The van der Waals surface area contributed by atoms with Crippen LogP contribution in [0.1, 0.15) is 76.7 Å². The normalized spacial score (nSPS) is 22.1. The molecule has 1 saturated heterocycles. The number of nitrogens with one attached hydrogen (secondary N) is 1. The predicted octanol–water partition coefficient (Wildman–Crippen LogP) is 5.70. The van der Waals surface area contributed by atoms with Crippen LogP contribution in [0.3, 0.4) is 0 Å². The van der Waals surface area contributed by atoms with Crippen LogP contribution in [-0.2, 0) is 4.74 Å². The highest BCUT2D eigenvalue weighted by atomic mass is 16.5. The first-order valence-corrected chi connectivity index (χ1v) is 14.6. The number of nitrogens with zero attached hydrogens (tertiary/aromatic N) is 2. The van der Waals surface area contributed by atoms with Crippen molar-refractivity contribution in [1.29, 1.82) is 0 Å². The molecule has 2 fully saturated rings.